The minimum absolute atomic E-state index is 0.195. The molecule has 2 aromatic carbocycles. The van der Waals surface area contributed by atoms with Gasteiger partial charge in [-0.2, -0.15) is 0 Å². The van der Waals surface area contributed by atoms with Crippen LogP contribution in [0.3, 0.4) is 0 Å². The lowest BCUT2D eigenvalue weighted by Crippen LogP contribution is -2.30. The third-order valence-corrected chi connectivity index (χ3v) is 5.14. The van der Waals surface area contributed by atoms with E-state index in [1.165, 1.54) is 12.1 Å². The Kier molecular flexibility index (Phi) is 5.29. The van der Waals surface area contributed by atoms with Crippen molar-refractivity contribution in [3.05, 3.63) is 58.4 Å². The topological polar surface area (TPSA) is 24.9 Å². The first-order valence-electron chi connectivity index (χ1n) is 8.94. The fraction of sp³-hybridized carbons (Fsp3) is 0.400. The lowest BCUT2D eigenvalue weighted by molar-refractivity contribution is -0.0174. The third kappa shape index (κ3) is 3.95. The number of benzene rings is 2. The number of halogens is 2. The van der Waals surface area contributed by atoms with Crippen molar-refractivity contribution in [3.8, 4) is 5.75 Å². The summed E-state index contributed by atoms with van der Waals surface area (Å²) in [6, 6.07) is 10.7. The summed E-state index contributed by atoms with van der Waals surface area (Å²) in [5.41, 5.74) is 3.21. The first kappa shape index (κ1) is 17.6. The fourth-order valence-corrected chi connectivity index (χ4v) is 3.92. The van der Waals surface area contributed by atoms with Crippen LogP contribution in [0.1, 0.15) is 17.5 Å². The highest BCUT2D eigenvalue weighted by molar-refractivity contribution is 6.30. The van der Waals surface area contributed by atoms with E-state index in [0.717, 1.165) is 66.7 Å². The van der Waals surface area contributed by atoms with Crippen LogP contribution in [0.25, 0.3) is 0 Å². The summed E-state index contributed by atoms with van der Waals surface area (Å²) in [6.07, 6.45) is 1.06. The fourth-order valence-electron chi connectivity index (χ4n) is 3.65. The molecule has 2 aliphatic rings. The second-order valence-corrected chi connectivity index (χ2v) is 7.19. The Morgan fingerprint density at radius 2 is 1.88 bits per heavy atom. The molecule has 0 bridgehead atoms. The molecule has 1 fully saturated rings. The van der Waals surface area contributed by atoms with Gasteiger partial charge in [-0.3, -0.25) is 4.90 Å². The third-order valence-electron chi connectivity index (χ3n) is 4.93. The Bertz CT molecular complexity index is 769. The molecular weight excluding hydrogens is 355 g/mol. The smallest absolute Gasteiger partial charge is 0.189 e. The molecular formula is C20H22ClFN2O2. The predicted octanol–water partition coefficient (Wildman–Crippen LogP) is 4.06. The summed E-state index contributed by atoms with van der Waals surface area (Å²) in [4.78, 5) is 4.74. The molecule has 0 aliphatic carbocycles. The van der Waals surface area contributed by atoms with Gasteiger partial charge in [0.15, 0.2) is 6.79 Å². The van der Waals surface area contributed by atoms with E-state index in [4.69, 9.17) is 21.1 Å². The monoisotopic (exact) mass is 376 g/mol. The molecule has 0 saturated carbocycles. The van der Waals surface area contributed by atoms with E-state index in [1.807, 2.05) is 24.3 Å². The van der Waals surface area contributed by atoms with Crippen LogP contribution < -0.4 is 9.64 Å². The number of rotatable bonds is 3. The van der Waals surface area contributed by atoms with Crippen LogP contribution in [-0.4, -0.2) is 37.9 Å². The first-order valence-corrected chi connectivity index (χ1v) is 9.31. The van der Waals surface area contributed by atoms with Crippen molar-refractivity contribution in [2.45, 2.75) is 19.6 Å². The van der Waals surface area contributed by atoms with Gasteiger partial charge in [-0.25, -0.2) is 4.39 Å². The quantitative estimate of drug-likeness (QED) is 0.806. The molecule has 0 aromatic heterocycles. The summed E-state index contributed by atoms with van der Waals surface area (Å²) < 4.78 is 24.2. The summed E-state index contributed by atoms with van der Waals surface area (Å²) in [5, 5.41) is 0.718. The molecule has 138 valence electrons. The van der Waals surface area contributed by atoms with Crippen LogP contribution in [0.5, 0.6) is 5.75 Å². The average Bonchev–Trinajstić information content (AvgIpc) is 2.88. The number of ether oxygens (including phenoxy) is 2. The number of nitrogens with zero attached hydrogens (tertiary/aromatic N) is 2. The van der Waals surface area contributed by atoms with E-state index < -0.39 is 0 Å². The van der Waals surface area contributed by atoms with Gasteiger partial charge in [0, 0.05) is 54.6 Å². The van der Waals surface area contributed by atoms with Crippen molar-refractivity contribution in [3.63, 3.8) is 0 Å². The first-order chi connectivity index (χ1) is 12.7. The summed E-state index contributed by atoms with van der Waals surface area (Å²) in [7, 11) is 0. The van der Waals surface area contributed by atoms with Crippen molar-refractivity contribution in [1.29, 1.82) is 0 Å². The molecule has 26 heavy (non-hydrogen) atoms. The minimum Gasteiger partial charge on any atom is -0.467 e. The standard InChI is InChI=1S/C20H22ClFN2O2/c21-17-10-15(20-16(11-17)13-25-14-26-20)12-23-6-1-7-24(9-8-23)19-4-2-18(22)3-5-19/h2-5,10-11H,1,6-9,12-14H2. The highest BCUT2D eigenvalue weighted by Gasteiger charge is 2.20. The Morgan fingerprint density at radius 3 is 2.73 bits per heavy atom. The van der Waals surface area contributed by atoms with Crippen LogP contribution >= 0.6 is 11.6 Å². The molecule has 0 spiro atoms. The largest absolute Gasteiger partial charge is 0.467 e. The zero-order valence-electron chi connectivity index (χ0n) is 14.6. The zero-order valence-corrected chi connectivity index (χ0v) is 15.3. The molecule has 4 nitrogen and oxygen atoms in total. The van der Waals surface area contributed by atoms with Gasteiger partial charge in [0.1, 0.15) is 11.6 Å². The zero-order chi connectivity index (χ0) is 17.9. The second kappa shape index (κ2) is 7.82. The van der Waals surface area contributed by atoms with Crippen molar-refractivity contribution in [2.75, 3.05) is 37.9 Å². The highest BCUT2D eigenvalue weighted by Crippen LogP contribution is 2.32. The van der Waals surface area contributed by atoms with E-state index in [1.54, 1.807) is 0 Å². The average molecular weight is 377 g/mol. The van der Waals surface area contributed by atoms with Gasteiger partial charge in [0.2, 0.25) is 0 Å². The number of fused-ring (bicyclic) bond motifs is 1. The molecule has 0 radical (unpaired) electrons. The molecule has 0 atom stereocenters. The van der Waals surface area contributed by atoms with Crippen molar-refractivity contribution < 1.29 is 13.9 Å². The van der Waals surface area contributed by atoms with Gasteiger partial charge in [0.25, 0.3) is 0 Å². The van der Waals surface area contributed by atoms with Crippen LogP contribution in [0.15, 0.2) is 36.4 Å². The molecule has 0 unspecified atom stereocenters. The van der Waals surface area contributed by atoms with Crippen LogP contribution in [0, 0.1) is 5.82 Å². The molecule has 0 N–H and O–H groups in total. The Hall–Kier alpha value is -1.82. The Labute approximate surface area is 158 Å². The molecule has 0 amide bonds. The number of anilines is 1. The van der Waals surface area contributed by atoms with Crippen LogP contribution in [0.2, 0.25) is 5.02 Å². The van der Waals surface area contributed by atoms with Gasteiger partial charge >= 0.3 is 0 Å². The minimum atomic E-state index is -0.195. The molecule has 2 aromatic rings. The molecule has 2 aliphatic heterocycles. The SMILES string of the molecule is Fc1ccc(N2CCCN(Cc3cc(Cl)cc4c3OCOC4)CC2)cc1. The van der Waals surface area contributed by atoms with Crippen molar-refractivity contribution >= 4 is 17.3 Å². The molecule has 2 heterocycles. The summed E-state index contributed by atoms with van der Waals surface area (Å²) >= 11 is 6.28. The molecule has 6 heteroatoms. The van der Waals surface area contributed by atoms with E-state index in [9.17, 15) is 4.39 Å². The van der Waals surface area contributed by atoms with Crippen molar-refractivity contribution in [1.82, 2.24) is 4.90 Å². The summed E-state index contributed by atoms with van der Waals surface area (Å²) in [5.74, 6) is 0.722. The van der Waals surface area contributed by atoms with Gasteiger partial charge in [-0.1, -0.05) is 11.6 Å². The van der Waals surface area contributed by atoms with E-state index >= 15 is 0 Å². The number of hydrogen-bond donors (Lipinski definition) is 0. The Balaban J connectivity index is 1.45. The van der Waals surface area contributed by atoms with Crippen LogP contribution in [-0.2, 0) is 17.9 Å². The lowest BCUT2D eigenvalue weighted by atomic mass is 10.1. The van der Waals surface area contributed by atoms with Gasteiger partial charge in [0.05, 0.1) is 6.61 Å². The molecule has 1 saturated heterocycles. The second-order valence-electron chi connectivity index (χ2n) is 6.76. The van der Waals surface area contributed by atoms with Gasteiger partial charge < -0.3 is 14.4 Å². The van der Waals surface area contributed by atoms with Gasteiger partial charge in [-0.15, -0.1) is 0 Å². The molecule has 4 rings (SSSR count). The van der Waals surface area contributed by atoms with Gasteiger partial charge in [-0.05, 0) is 42.8 Å². The normalized spacial score (nSPS) is 18.2. The maximum absolute atomic E-state index is 13.2. The summed E-state index contributed by atoms with van der Waals surface area (Å²) in [6.45, 7) is 5.48. The van der Waals surface area contributed by atoms with E-state index in [2.05, 4.69) is 9.80 Å². The number of hydrogen-bond acceptors (Lipinski definition) is 4. The Morgan fingerprint density at radius 1 is 1.04 bits per heavy atom. The van der Waals surface area contributed by atoms with E-state index in [0.29, 0.717) is 13.4 Å². The maximum atomic E-state index is 13.2. The lowest BCUT2D eigenvalue weighted by Gasteiger charge is -2.26. The van der Waals surface area contributed by atoms with E-state index in [-0.39, 0.29) is 5.82 Å². The predicted molar refractivity (Wildman–Crippen MR) is 100 cm³/mol. The van der Waals surface area contributed by atoms with Crippen LogP contribution in [0.4, 0.5) is 10.1 Å². The maximum Gasteiger partial charge on any atom is 0.189 e. The van der Waals surface area contributed by atoms with Crippen molar-refractivity contribution in [2.24, 2.45) is 0 Å². The highest BCUT2D eigenvalue weighted by atomic mass is 35.5.